The number of anilines is 1. The van der Waals surface area contributed by atoms with Crippen LogP contribution < -0.4 is 19.5 Å². The van der Waals surface area contributed by atoms with E-state index >= 15 is 0 Å². The second-order valence-electron chi connectivity index (χ2n) is 7.03. The highest BCUT2D eigenvalue weighted by molar-refractivity contribution is 6.30. The molecule has 0 spiro atoms. The molecule has 7 heteroatoms. The summed E-state index contributed by atoms with van der Waals surface area (Å²) in [7, 11) is 4.65. The van der Waals surface area contributed by atoms with Gasteiger partial charge in [0.2, 0.25) is 5.75 Å². The maximum atomic E-state index is 13.0. The van der Waals surface area contributed by atoms with Gasteiger partial charge in [-0.25, -0.2) is 4.79 Å². The van der Waals surface area contributed by atoms with Gasteiger partial charge in [-0.2, -0.15) is 0 Å². The van der Waals surface area contributed by atoms with Crippen molar-refractivity contribution in [1.82, 2.24) is 4.90 Å². The minimum absolute atomic E-state index is 0.139. The molecule has 1 heterocycles. The van der Waals surface area contributed by atoms with Crippen LogP contribution in [0.15, 0.2) is 36.4 Å². The standard InChI is InChI=1S/C22H27ClN2O4/c1-27-19-12-18(13-20(28-2)21(19)29-3)24-22(26)25-11-5-4-6-16(14-25)15-7-9-17(23)10-8-15/h7-10,12-13,16H,4-6,11,14H2,1-3H3,(H,24,26)/t16-/m1/s1. The molecule has 0 bridgehead atoms. The molecule has 2 amide bonds. The Morgan fingerprint density at radius 2 is 1.69 bits per heavy atom. The van der Waals surface area contributed by atoms with Crippen molar-refractivity contribution in [3.63, 3.8) is 0 Å². The molecule has 1 aliphatic rings. The highest BCUT2D eigenvalue weighted by atomic mass is 35.5. The van der Waals surface area contributed by atoms with Gasteiger partial charge in [0.05, 0.1) is 27.0 Å². The highest BCUT2D eigenvalue weighted by Gasteiger charge is 2.24. The predicted molar refractivity (Wildman–Crippen MR) is 115 cm³/mol. The molecule has 3 rings (SSSR count). The molecule has 0 unspecified atom stereocenters. The molecule has 0 aromatic heterocycles. The molecular formula is C22H27ClN2O4. The molecule has 1 saturated heterocycles. The number of urea groups is 1. The van der Waals surface area contributed by atoms with Gasteiger partial charge in [0.1, 0.15) is 0 Å². The number of hydrogen-bond donors (Lipinski definition) is 1. The van der Waals surface area contributed by atoms with E-state index in [0.717, 1.165) is 30.8 Å². The van der Waals surface area contributed by atoms with Gasteiger partial charge < -0.3 is 24.4 Å². The monoisotopic (exact) mass is 418 g/mol. The first kappa shape index (κ1) is 21.1. The summed E-state index contributed by atoms with van der Waals surface area (Å²) in [6.45, 7) is 1.39. The number of nitrogens with one attached hydrogen (secondary N) is 1. The van der Waals surface area contributed by atoms with Gasteiger partial charge >= 0.3 is 6.03 Å². The van der Waals surface area contributed by atoms with Crippen molar-refractivity contribution < 1.29 is 19.0 Å². The molecule has 2 aromatic carbocycles. The van der Waals surface area contributed by atoms with E-state index in [1.165, 1.54) is 5.56 Å². The van der Waals surface area contributed by atoms with E-state index in [1.807, 2.05) is 29.2 Å². The van der Waals surface area contributed by atoms with Crippen LogP contribution in [0.3, 0.4) is 0 Å². The number of amides is 2. The summed E-state index contributed by atoms with van der Waals surface area (Å²) >= 11 is 6.02. The van der Waals surface area contributed by atoms with Crippen LogP contribution in [0.5, 0.6) is 17.2 Å². The molecule has 1 atom stereocenters. The van der Waals surface area contributed by atoms with Gasteiger partial charge in [0, 0.05) is 36.2 Å². The zero-order valence-corrected chi connectivity index (χ0v) is 17.8. The van der Waals surface area contributed by atoms with Crippen molar-refractivity contribution in [2.45, 2.75) is 25.2 Å². The summed E-state index contributed by atoms with van der Waals surface area (Å²) in [6.07, 6.45) is 3.11. The topological polar surface area (TPSA) is 60.0 Å². The Bertz CT molecular complexity index is 816. The van der Waals surface area contributed by atoms with Crippen molar-refractivity contribution in [2.75, 3.05) is 39.7 Å². The summed E-state index contributed by atoms with van der Waals surface area (Å²) in [4.78, 5) is 14.9. The zero-order chi connectivity index (χ0) is 20.8. The number of hydrogen-bond acceptors (Lipinski definition) is 4. The Labute approximate surface area is 176 Å². The number of halogens is 1. The SMILES string of the molecule is COc1cc(NC(=O)N2CCCC[C@@H](c3ccc(Cl)cc3)C2)cc(OC)c1OC. The fourth-order valence-electron chi connectivity index (χ4n) is 3.69. The maximum Gasteiger partial charge on any atom is 0.321 e. The van der Waals surface area contributed by atoms with Gasteiger partial charge in [-0.05, 0) is 30.5 Å². The minimum atomic E-state index is -0.139. The lowest BCUT2D eigenvalue weighted by atomic mass is 9.94. The number of likely N-dealkylation sites (tertiary alicyclic amines) is 1. The number of methoxy groups -OCH3 is 3. The van der Waals surface area contributed by atoms with Gasteiger partial charge in [-0.15, -0.1) is 0 Å². The number of nitrogens with zero attached hydrogens (tertiary/aromatic N) is 1. The zero-order valence-electron chi connectivity index (χ0n) is 17.0. The number of ether oxygens (including phenoxy) is 3. The van der Waals surface area contributed by atoms with Gasteiger partial charge in [-0.3, -0.25) is 0 Å². The van der Waals surface area contributed by atoms with E-state index in [2.05, 4.69) is 5.32 Å². The van der Waals surface area contributed by atoms with Gasteiger partial charge in [-0.1, -0.05) is 30.2 Å². The predicted octanol–water partition coefficient (Wildman–Crippen LogP) is 5.17. The van der Waals surface area contributed by atoms with Crippen molar-refractivity contribution >= 4 is 23.3 Å². The molecule has 0 radical (unpaired) electrons. The van der Waals surface area contributed by atoms with E-state index in [4.69, 9.17) is 25.8 Å². The van der Waals surface area contributed by atoms with Crippen LogP contribution in [0.1, 0.15) is 30.7 Å². The van der Waals surface area contributed by atoms with Crippen molar-refractivity contribution in [3.8, 4) is 17.2 Å². The van der Waals surface area contributed by atoms with Crippen LogP contribution in [0.2, 0.25) is 5.02 Å². The third kappa shape index (κ3) is 5.07. The number of benzene rings is 2. The molecule has 156 valence electrons. The molecular weight excluding hydrogens is 392 g/mol. The second kappa shape index (κ2) is 9.74. The average molecular weight is 419 g/mol. The van der Waals surface area contributed by atoms with E-state index in [0.29, 0.717) is 35.4 Å². The minimum Gasteiger partial charge on any atom is -0.493 e. The molecule has 0 saturated carbocycles. The molecule has 6 nitrogen and oxygen atoms in total. The Balaban J connectivity index is 1.76. The van der Waals surface area contributed by atoms with E-state index in [1.54, 1.807) is 33.5 Å². The second-order valence-corrected chi connectivity index (χ2v) is 7.47. The Hall–Kier alpha value is -2.60. The third-order valence-electron chi connectivity index (χ3n) is 5.22. The van der Waals surface area contributed by atoms with Gasteiger partial charge in [0.25, 0.3) is 0 Å². The van der Waals surface area contributed by atoms with Gasteiger partial charge in [0.15, 0.2) is 11.5 Å². The molecule has 1 aliphatic heterocycles. The lowest BCUT2D eigenvalue weighted by Crippen LogP contribution is -2.37. The van der Waals surface area contributed by atoms with Crippen LogP contribution in [-0.2, 0) is 0 Å². The van der Waals surface area contributed by atoms with Crippen LogP contribution >= 0.6 is 11.6 Å². The first-order valence-electron chi connectivity index (χ1n) is 9.67. The Kier molecular flexibility index (Phi) is 7.09. The van der Waals surface area contributed by atoms with Crippen LogP contribution in [0, 0.1) is 0 Å². The van der Waals surface area contributed by atoms with Crippen molar-refractivity contribution in [3.05, 3.63) is 47.0 Å². The maximum absolute atomic E-state index is 13.0. The summed E-state index contributed by atoms with van der Waals surface area (Å²) in [6, 6.07) is 11.2. The Morgan fingerprint density at radius 3 is 2.28 bits per heavy atom. The van der Waals surface area contributed by atoms with E-state index in [9.17, 15) is 4.79 Å². The summed E-state index contributed by atoms with van der Waals surface area (Å²) in [5.74, 6) is 1.78. The Morgan fingerprint density at radius 1 is 1.03 bits per heavy atom. The molecule has 1 N–H and O–H groups in total. The van der Waals surface area contributed by atoms with Crippen molar-refractivity contribution in [2.24, 2.45) is 0 Å². The van der Waals surface area contributed by atoms with Crippen LogP contribution in [-0.4, -0.2) is 45.3 Å². The summed E-state index contributed by atoms with van der Waals surface area (Å²) < 4.78 is 16.1. The molecule has 1 fully saturated rings. The molecule has 29 heavy (non-hydrogen) atoms. The number of carbonyl (C=O) groups excluding carboxylic acids is 1. The van der Waals surface area contributed by atoms with E-state index in [-0.39, 0.29) is 6.03 Å². The largest absolute Gasteiger partial charge is 0.493 e. The number of rotatable bonds is 5. The first-order valence-corrected chi connectivity index (χ1v) is 10.0. The quantitative estimate of drug-likeness (QED) is 0.727. The average Bonchev–Trinajstić information content (AvgIpc) is 3.00. The lowest BCUT2D eigenvalue weighted by molar-refractivity contribution is 0.211. The smallest absolute Gasteiger partial charge is 0.321 e. The van der Waals surface area contributed by atoms with Crippen LogP contribution in [0.4, 0.5) is 10.5 Å². The third-order valence-corrected chi connectivity index (χ3v) is 5.47. The fourth-order valence-corrected chi connectivity index (χ4v) is 3.82. The molecule has 2 aromatic rings. The summed E-state index contributed by atoms with van der Waals surface area (Å²) in [5, 5.41) is 3.69. The van der Waals surface area contributed by atoms with Crippen molar-refractivity contribution in [1.29, 1.82) is 0 Å². The fraction of sp³-hybridized carbons (Fsp3) is 0.409. The lowest BCUT2D eigenvalue weighted by Gasteiger charge is -2.25. The summed E-state index contributed by atoms with van der Waals surface area (Å²) in [5.41, 5.74) is 1.80. The highest BCUT2D eigenvalue weighted by Crippen LogP contribution is 2.40. The first-order chi connectivity index (χ1) is 14.0. The van der Waals surface area contributed by atoms with E-state index < -0.39 is 0 Å². The normalized spacial score (nSPS) is 16.7. The van der Waals surface area contributed by atoms with Crippen LogP contribution in [0.25, 0.3) is 0 Å². The molecule has 0 aliphatic carbocycles. The number of carbonyl (C=O) groups is 1.